The maximum absolute atomic E-state index is 13.4. The quantitative estimate of drug-likeness (QED) is 0.315. The molecule has 0 aliphatic rings. The second-order valence-electron chi connectivity index (χ2n) is 7.25. The van der Waals surface area contributed by atoms with Gasteiger partial charge in [-0.15, -0.1) is 0 Å². The third-order valence-electron chi connectivity index (χ3n) is 4.93. The topological polar surface area (TPSA) is 97.3 Å². The molecule has 3 aromatic carbocycles. The van der Waals surface area contributed by atoms with Crippen molar-refractivity contribution in [1.82, 2.24) is 5.43 Å². The monoisotopic (exact) mass is 535 g/mol. The van der Waals surface area contributed by atoms with Gasteiger partial charge in [0.15, 0.2) is 11.5 Å². The van der Waals surface area contributed by atoms with Gasteiger partial charge in [-0.25, -0.2) is 13.8 Å². The molecule has 1 N–H and O–H groups in total. The van der Waals surface area contributed by atoms with Crippen molar-refractivity contribution in [2.45, 2.75) is 11.8 Å². The summed E-state index contributed by atoms with van der Waals surface area (Å²) >= 11 is 12.0. The fraction of sp³-hybridized carbons (Fsp3) is 0.167. The Morgan fingerprint density at radius 2 is 1.63 bits per heavy atom. The smallest absolute Gasteiger partial charge is 0.264 e. The van der Waals surface area contributed by atoms with Crippen LogP contribution in [0.2, 0.25) is 10.0 Å². The van der Waals surface area contributed by atoms with Crippen LogP contribution in [0.5, 0.6) is 11.5 Å². The minimum absolute atomic E-state index is 0.0281. The van der Waals surface area contributed by atoms with Crippen molar-refractivity contribution in [2.24, 2.45) is 5.10 Å². The number of carbonyl (C=O) groups is 1. The van der Waals surface area contributed by atoms with E-state index in [1.165, 1.54) is 44.6 Å². The lowest BCUT2D eigenvalue weighted by Gasteiger charge is -2.24. The molecular weight excluding hydrogens is 513 g/mol. The first kappa shape index (κ1) is 26.3. The summed E-state index contributed by atoms with van der Waals surface area (Å²) in [5.74, 6) is 0.409. The molecule has 8 nitrogen and oxygen atoms in total. The molecule has 0 aliphatic carbocycles. The molecule has 0 aliphatic heterocycles. The summed E-state index contributed by atoms with van der Waals surface area (Å²) in [7, 11) is -1.07. The van der Waals surface area contributed by atoms with Crippen LogP contribution in [0.4, 0.5) is 5.69 Å². The highest BCUT2D eigenvalue weighted by Gasteiger charge is 2.27. The minimum Gasteiger partial charge on any atom is -0.493 e. The largest absolute Gasteiger partial charge is 0.493 e. The van der Waals surface area contributed by atoms with Crippen molar-refractivity contribution < 1.29 is 22.7 Å². The molecule has 35 heavy (non-hydrogen) atoms. The van der Waals surface area contributed by atoms with Crippen LogP contribution in [0, 0.1) is 0 Å². The lowest BCUT2D eigenvalue weighted by atomic mass is 10.1. The molecule has 3 aromatic rings. The van der Waals surface area contributed by atoms with Crippen LogP contribution in [-0.4, -0.2) is 40.8 Å². The molecule has 0 atom stereocenters. The Morgan fingerprint density at radius 1 is 0.943 bits per heavy atom. The fourth-order valence-corrected chi connectivity index (χ4v) is 4.84. The van der Waals surface area contributed by atoms with Crippen LogP contribution in [0.15, 0.2) is 76.7 Å². The van der Waals surface area contributed by atoms with Gasteiger partial charge in [0.25, 0.3) is 15.9 Å². The van der Waals surface area contributed by atoms with E-state index in [9.17, 15) is 13.2 Å². The highest BCUT2D eigenvalue weighted by atomic mass is 35.5. The number of hydrogen-bond acceptors (Lipinski definition) is 6. The van der Waals surface area contributed by atoms with Crippen molar-refractivity contribution >= 4 is 50.5 Å². The third kappa shape index (κ3) is 6.45. The Kier molecular flexibility index (Phi) is 8.61. The van der Waals surface area contributed by atoms with Gasteiger partial charge in [-0.3, -0.25) is 9.10 Å². The van der Waals surface area contributed by atoms with Gasteiger partial charge in [0, 0.05) is 15.6 Å². The number of methoxy groups -OCH3 is 2. The number of hydrogen-bond donors (Lipinski definition) is 1. The van der Waals surface area contributed by atoms with E-state index in [2.05, 4.69) is 10.5 Å². The first-order valence-electron chi connectivity index (χ1n) is 10.2. The fourth-order valence-electron chi connectivity index (χ4n) is 3.12. The maximum atomic E-state index is 13.4. The number of amides is 1. The molecule has 0 saturated carbocycles. The highest BCUT2D eigenvalue weighted by Crippen LogP contribution is 2.28. The molecule has 0 spiro atoms. The third-order valence-corrected chi connectivity index (χ3v) is 7.21. The summed E-state index contributed by atoms with van der Waals surface area (Å²) < 4.78 is 38.2. The molecule has 0 unspecified atom stereocenters. The van der Waals surface area contributed by atoms with Crippen molar-refractivity contribution in [1.29, 1.82) is 0 Å². The lowest BCUT2D eigenvalue weighted by molar-refractivity contribution is -0.119. The first-order valence-corrected chi connectivity index (χ1v) is 12.4. The number of benzene rings is 3. The second kappa shape index (κ2) is 11.4. The number of anilines is 1. The predicted octanol–water partition coefficient (Wildman–Crippen LogP) is 4.75. The van der Waals surface area contributed by atoms with E-state index in [1.807, 2.05) is 0 Å². The summed E-state index contributed by atoms with van der Waals surface area (Å²) in [4.78, 5) is 12.8. The van der Waals surface area contributed by atoms with Gasteiger partial charge in [0.05, 0.1) is 30.5 Å². The first-order chi connectivity index (χ1) is 16.6. The van der Waals surface area contributed by atoms with Gasteiger partial charge in [0.1, 0.15) is 6.54 Å². The average Bonchev–Trinajstić information content (AvgIpc) is 2.85. The zero-order chi connectivity index (χ0) is 25.6. The van der Waals surface area contributed by atoms with Crippen molar-refractivity contribution in [3.05, 3.63) is 82.3 Å². The summed E-state index contributed by atoms with van der Waals surface area (Å²) in [5.41, 5.74) is 3.80. The number of rotatable bonds is 9. The standard InChI is InChI=1S/C24H23Cl2N3O5S/c1-16(17-7-12-22(33-2)23(13-17)34-3)27-28-24(30)15-29(20-6-4-5-19(26)14-20)35(31,32)21-10-8-18(25)9-11-21/h4-14H,15H2,1-3H3,(H,28,30)/b27-16-. The molecule has 0 fully saturated rings. The van der Waals surface area contributed by atoms with Crippen molar-refractivity contribution in [3.63, 3.8) is 0 Å². The van der Waals surface area contributed by atoms with E-state index in [0.29, 0.717) is 32.8 Å². The van der Waals surface area contributed by atoms with Gasteiger partial charge in [0.2, 0.25) is 0 Å². The zero-order valence-corrected chi connectivity index (χ0v) is 21.5. The van der Waals surface area contributed by atoms with Gasteiger partial charge in [-0.2, -0.15) is 5.10 Å². The number of nitrogens with zero attached hydrogens (tertiary/aromatic N) is 2. The van der Waals surface area contributed by atoms with Gasteiger partial charge >= 0.3 is 0 Å². The van der Waals surface area contributed by atoms with Crippen LogP contribution < -0.4 is 19.2 Å². The van der Waals surface area contributed by atoms with E-state index in [-0.39, 0.29) is 10.6 Å². The molecular formula is C24H23Cl2N3O5S. The molecule has 0 saturated heterocycles. The van der Waals surface area contributed by atoms with Crippen LogP contribution >= 0.6 is 23.2 Å². The number of sulfonamides is 1. The van der Waals surface area contributed by atoms with E-state index >= 15 is 0 Å². The number of ether oxygens (including phenoxy) is 2. The van der Waals surface area contributed by atoms with Crippen LogP contribution in [0.25, 0.3) is 0 Å². The molecule has 3 rings (SSSR count). The normalized spacial score (nSPS) is 11.6. The van der Waals surface area contributed by atoms with Crippen LogP contribution in [-0.2, 0) is 14.8 Å². The Balaban J connectivity index is 1.86. The number of halogens is 2. The zero-order valence-electron chi connectivity index (χ0n) is 19.2. The summed E-state index contributed by atoms with van der Waals surface area (Å²) in [6.45, 7) is 1.16. The van der Waals surface area contributed by atoms with Crippen LogP contribution in [0.3, 0.4) is 0 Å². The minimum atomic E-state index is -4.11. The average molecular weight is 536 g/mol. The highest BCUT2D eigenvalue weighted by molar-refractivity contribution is 7.92. The SMILES string of the molecule is COc1ccc(/C(C)=N\NC(=O)CN(c2cccc(Cl)c2)S(=O)(=O)c2ccc(Cl)cc2)cc1OC. The Bertz CT molecular complexity index is 1350. The van der Waals surface area contributed by atoms with Gasteiger partial charge in [-0.1, -0.05) is 29.3 Å². The van der Waals surface area contributed by atoms with Gasteiger partial charge in [-0.05, 0) is 67.6 Å². The molecule has 11 heteroatoms. The lowest BCUT2D eigenvalue weighted by Crippen LogP contribution is -2.39. The summed E-state index contributed by atoms with van der Waals surface area (Å²) in [6.07, 6.45) is 0. The molecule has 0 radical (unpaired) electrons. The Labute approximate surface area is 214 Å². The summed E-state index contributed by atoms with van der Waals surface area (Å²) in [6, 6.07) is 17.1. The number of nitrogens with one attached hydrogen (secondary N) is 1. The Hall–Kier alpha value is -3.27. The van der Waals surface area contributed by atoms with Crippen LogP contribution in [0.1, 0.15) is 12.5 Å². The second-order valence-corrected chi connectivity index (χ2v) is 9.98. The molecule has 1 amide bonds. The van der Waals surface area contributed by atoms with Crippen molar-refractivity contribution in [3.8, 4) is 11.5 Å². The maximum Gasteiger partial charge on any atom is 0.264 e. The Morgan fingerprint density at radius 3 is 2.26 bits per heavy atom. The molecule has 0 aromatic heterocycles. The predicted molar refractivity (Wildman–Crippen MR) is 137 cm³/mol. The number of hydrazone groups is 1. The number of carbonyl (C=O) groups excluding carboxylic acids is 1. The van der Waals surface area contributed by atoms with E-state index in [4.69, 9.17) is 32.7 Å². The van der Waals surface area contributed by atoms with E-state index in [1.54, 1.807) is 43.3 Å². The molecule has 0 bridgehead atoms. The summed E-state index contributed by atoms with van der Waals surface area (Å²) in [5, 5.41) is 4.82. The van der Waals surface area contributed by atoms with Gasteiger partial charge < -0.3 is 9.47 Å². The van der Waals surface area contributed by atoms with E-state index in [0.717, 1.165) is 4.31 Å². The van der Waals surface area contributed by atoms with E-state index < -0.39 is 22.5 Å². The van der Waals surface area contributed by atoms with Crippen molar-refractivity contribution in [2.75, 3.05) is 25.1 Å². The molecule has 0 heterocycles. The molecule has 184 valence electrons.